The molecule has 3 heteroatoms. The van der Waals surface area contributed by atoms with Crippen LogP contribution in [0.4, 0.5) is 0 Å². The molecule has 0 bridgehead atoms. The van der Waals surface area contributed by atoms with Gasteiger partial charge in [0.05, 0.1) is 6.61 Å². The van der Waals surface area contributed by atoms with Crippen LogP contribution in [0.2, 0.25) is 0 Å². The van der Waals surface area contributed by atoms with Gasteiger partial charge in [-0.25, -0.2) is 5.48 Å². The normalized spacial score (nSPS) is 18.6. The summed E-state index contributed by atoms with van der Waals surface area (Å²) in [6.07, 6.45) is 4.42. The fourth-order valence-corrected chi connectivity index (χ4v) is 1.41. The van der Waals surface area contributed by atoms with Crippen LogP contribution < -0.4 is 5.48 Å². The highest BCUT2D eigenvalue weighted by molar-refractivity contribution is 5.77. The van der Waals surface area contributed by atoms with E-state index in [1.165, 1.54) is 12.8 Å². The van der Waals surface area contributed by atoms with Gasteiger partial charge in [0.1, 0.15) is 0 Å². The van der Waals surface area contributed by atoms with Crippen LogP contribution in [0.5, 0.6) is 0 Å². The van der Waals surface area contributed by atoms with E-state index in [0.717, 1.165) is 12.8 Å². The van der Waals surface area contributed by atoms with Gasteiger partial charge in [-0.15, -0.1) is 0 Å². The van der Waals surface area contributed by atoms with Crippen molar-refractivity contribution in [2.45, 2.75) is 32.6 Å². The van der Waals surface area contributed by atoms with E-state index in [9.17, 15) is 4.79 Å². The van der Waals surface area contributed by atoms with Gasteiger partial charge in [0, 0.05) is 5.92 Å². The molecule has 1 fully saturated rings. The van der Waals surface area contributed by atoms with E-state index in [4.69, 9.17) is 4.84 Å². The van der Waals surface area contributed by atoms with Crippen molar-refractivity contribution in [2.24, 2.45) is 5.92 Å². The molecule has 0 saturated heterocycles. The van der Waals surface area contributed by atoms with Gasteiger partial charge in [-0.3, -0.25) is 9.63 Å². The number of rotatable bonds is 3. The molecule has 1 amide bonds. The molecule has 0 aromatic heterocycles. The fourth-order valence-electron chi connectivity index (χ4n) is 1.41. The zero-order chi connectivity index (χ0) is 8.10. The van der Waals surface area contributed by atoms with Crippen LogP contribution in [0, 0.1) is 5.92 Å². The zero-order valence-electron chi connectivity index (χ0n) is 6.93. The Balaban J connectivity index is 2.17. The Bertz CT molecular complexity index is 130. The maximum Gasteiger partial charge on any atom is 0.246 e. The zero-order valence-corrected chi connectivity index (χ0v) is 6.93. The van der Waals surface area contributed by atoms with Gasteiger partial charge in [-0.1, -0.05) is 12.8 Å². The Morgan fingerprint density at radius 2 is 2.18 bits per heavy atom. The van der Waals surface area contributed by atoms with Crippen molar-refractivity contribution in [3.8, 4) is 0 Å². The van der Waals surface area contributed by atoms with Crippen LogP contribution in [0.25, 0.3) is 0 Å². The first-order chi connectivity index (χ1) is 5.34. The molecule has 0 atom stereocenters. The van der Waals surface area contributed by atoms with Crippen LogP contribution in [0.15, 0.2) is 0 Å². The van der Waals surface area contributed by atoms with E-state index in [-0.39, 0.29) is 11.8 Å². The van der Waals surface area contributed by atoms with Gasteiger partial charge < -0.3 is 0 Å². The minimum absolute atomic E-state index is 0.0596. The second-order valence-electron chi connectivity index (χ2n) is 2.88. The summed E-state index contributed by atoms with van der Waals surface area (Å²) in [5, 5.41) is 0. The van der Waals surface area contributed by atoms with Crippen LogP contribution in [-0.2, 0) is 9.63 Å². The number of hydroxylamine groups is 1. The molecule has 1 aliphatic rings. The Kier molecular flexibility index (Phi) is 3.36. The van der Waals surface area contributed by atoms with Crippen molar-refractivity contribution in [1.29, 1.82) is 0 Å². The van der Waals surface area contributed by atoms with Crippen molar-refractivity contribution in [1.82, 2.24) is 5.48 Å². The lowest BCUT2D eigenvalue weighted by Crippen LogP contribution is -2.29. The van der Waals surface area contributed by atoms with Crippen LogP contribution >= 0.6 is 0 Å². The number of amides is 1. The number of nitrogens with one attached hydrogen (secondary N) is 1. The molecule has 0 radical (unpaired) electrons. The standard InChI is InChI=1S/C8H15NO2/c1-2-11-9-8(10)7-5-3-4-6-7/h7H,2-6H2,1H3,(H,9,10). The average molecular weight is 157 g/mol. The smallest absolute Gasteiger partial charge is 0.246 e. The number of hydrogen-bond donors (Lipinski definition) is 1. The Morgan fingerprint density at radius 3 is 2.73 bits per heavy atom. The lowest BCUT2D eigenvalue weighted by molar-refractivity contribution is -0.137. The quantitative estimate of drug-likeness (QED) is 0.626. The van der Waals surface area contributed by atoms with E-state index < -0.39 is 0 Å². The first-order valence-corrected chi connectivity index (χ1v) is 4.26. The van der Waals surface area contributed by atoms with Crippen molar-refractivity contribution in [3.63, 3.8) is 0 Å². The summed E-state index contributed by atoms with van der Waals surface area (Å²) in [4.78, 5) is 16.0. The third-order valence-corrected chi connectivity index (χ3v) is 2.04. The minimum Gasteiger partial charge on any atom is -0.274 e. The molecule has 3 nitrogen and oxygen atoms in total. The summed E-state index contributed by atoms with van der Waals surface area (Å²) >= 11 is 0. The first kappa shape index (κ1) is 8.53. The average Bonchev–Trinajstić information content (AvgIpc) is 2.52. The first-order valence-electron chi connectivity index (χ1n) is 4.26. The van der Waals surface area contributed by atoms with E-state index in [2.05, 4.69) is 5.48 Å². The fraction of sp³-hybridized carbons (Fsp3) is 0.875. The maximum absolute atomic E-state index is 11.2. The molecule has 0 aromatic rings. The van der Waals surface area contributed by atoms with Crippen molar-refractivity contribution < 1.29 is 9.63 Å². The van der Waals surface area contributed by atoms with Gasteiger partial charge in [0.25, 0.3) is 0 Å². The Morgan fingerprint density at radius 1 is 1.55 bits per heavy atom. The highest BCUT2D eigenvalue weighted by Gasteiger charge is 2.22. The molecule has 0 unspecified atom stereocenters. The summed E-state index contributed by atoms with van der Waals surface area (Å²) in [6, 6.07) is 0. The molecule has 0 aliphatic heterocycles. The van der Waals surface area contributed by atoms with Crippen molar-refractivity contribution in [2.75, 3.05) is 6.61 Å². The molecule has 1 rings (SSSR count). The van der Waals surface area contributed by atoms with Gasteiger partial charge in [-0.05, 0) is 19.8 Å². The SMILES string of the molecule is CCONC(=O)C1CCCC1. The number of carbonyl (C=O) groups excluding carboxylic acids is 1. The second-order valence-corrected chi connectivity index (χ2v) is 2.88. The molecular weight excluding hydrogens is 142 g/mol. The summed E-state index contributed by atoms with van der Waals surface area (Å²) in [7, 11) is 0. The summed E-state index contributed by atoms with van der Waals surface area (Å²) in [5.41, 5.74) is 2.44. The minimum atomic E-state index is 0.0596. The summed E-state index contributed by atoms with van der Waals surface area (Å²) in [6.45, 7) is 2.40. The Labute approximate surface area is 67.1 Å². The van der Waals surface area contributed by atoms with Gasteiger partial charge in [0.15, 0.2) is 0 Å². The third-order valence-electron chi connectivity index (χ3n) is 2.04. The molecular formula is C8H15NO2. The van der Waals surface area contributed by atoms with Crippen LogP contribution in [0.1, 0.15) is 32.6 Å². The summed E-state index contributed by atoms with van der Waals surface area (Å²) < 4.78 is 0. The van der Waals surface area contributed by atoms with Crippen LogP contribution in [0.3, 0.4) is 0 Å². The topological polar surface area (TPSA) is 38.3 Å². The van der Waals surface area contributed by atoms with Gasteiger partial charge in [-0.2, -0.15) is 0 Å². The molecule has 0 spiro atoms. The van der Waals surface area contributed by atoms with E-state index in [1.54, 1.807) is 0 Å². The molecule has 1 aliphatic carbocycles. The second kappa shape index (κ2) is 4.34. The van der Waals surface area contributed by atoms with Gasteiger partial charge in [0.2, 0.25) is 5.91 Å². The monoisotopic (exact) mass is 157 g/mol. The van der Waals surface area contributed by atoms with Crippen LogP contribution in [-0.4, -0.2) is 12.5 Å². The highest BCUT2D eigenvalue weighted by Crippen LogP contribution is 2.24. The number of hydrogen-bond acceptors (Lipinski definition) is 2. The maximum atomic E-state index is 11.2. The van der Waals surface area contributed by atoms with E-state index >= 15 is 0 Å². The molecule has 1 saturated carbocycles. The predicted molar refractivity (Wildman–Crippen MR) is 41.7 cm³/mol. The molecule has 1 N–H and O–H groups in total. The third kappa shape index (κ3) is 2.50. The molecule has 64 valence electrons. The van der Waals surface area contributed by atoms with E-state index in [0.29, 0.717) is 6.61 Å². The largest absolute Gasteiger partial charge is 0.274 e. The highest BCUT2D eigenvalue weighted by atomic mass is 16.6. The van der Waals surface area contributed by atoms with E-state index in [1.807, 2.05) is 6.92 Å². The van der Waals surface area contributed by atoms with Crippen molar-refractivity contribution in [3.05, 3.63) is 0 Å². The number of carbonyl (C=O) groups is 1. The molecule has 11 heavy (non-hydrogen) atoms. The van der Waals surface area contributed by atoms with Gasteiger partial charge >= 0.3 is 0 Å². The van der Waals surface area contributed by atoms with Crippen molar-refractivity contribution >= 4 is 5.91 Å². The Hall–Kier alpha value is -0.570. The molecule has 0 heterocycles. The lowest BCUT2D eigenvalue weighted by atomic mass is 10.1. The summed E-state index contributed by atoms with van der Waals surface area (Å²) in [5.74, 6) is 0.269. The lowest BCUT2D eigenvalue weighted by Gasteiger charge is -2.08. The predicted octanol–water partition coefficient (Wildman–Crippen LogP) is 1.24. The molecule has 0 aromatic carbocycles.